The van der Waals surface area contributed by atoms with Gasteiger partial charge in [-0.3, -0.25) is 0 Å². The molecule has 3 heteroatoms. The molecule has 24 heavy (non-hydrogen) atoms. The predicted octanol–water partition coefficient (Wildman–Crippen LogP) is 5.43. The van der Waals surface area contributed by atoms with Crippen LogP contribution in [0.25, 0.3) is 22.3 Å². The van der Waals surface area contributed by atoms with Gasteiger partial charge in [0.05, 0.1) is 18.2 Å². The van der Waals surface area contributed by atoms with Crippen LogP contribution in [0.1, 0.15) is 12.5 Å². The molecule has 0 saturated heterocycles. The van der Waals surface area contributed by atoms with E-state index in [0.29, 0.717) is 17.7 Å². The van der Waals surface area contributed by atoms with E-state index in [2.05, 4.69) is 6.07 Å². The van der Waals surface area contributed by atoms with Gasteiger partial charge >= 0.3 is 0 Å². The van der Waals surface area contributed by atoms with Gasteiger partial charge in [-0.1, -0.05) is 36.4 Å². The molecular weight excluding hydrogens is 301 g/mol. The zero-order chi connectivity index (χ0) is 16.9. The van der Waals surface area contributed by atoms with Crippen LogP contribution in [0.5, 0.6) is 5.75 Å². The van der Waals surface area contributed by atoms with Crippen molar-refractivity contribution in [3.05, 3.63) is 78.1 Å². The molecule has 0 aliphatic rings. The number of ether oxygens (including phenoxy) is 1. The third-order valence-electron chi connectivity index (χ3n) is 3.79. The predicted molar refractivity (Wildman–Crippen MR) is 93.2 cm³/mol. The van der Waals surface area contributed by atoms with Gasteiger partial charge in [-0.2, -0.15) is 5.26 Å². The molecule has 0 aromatic heterocycles. The van der Waals surface area contributed by atoms with Gasteiger partial charge in [0.2, 0.25) is 0 Å². The maximum atomic E-state index is 14.5. The van der Waals surface area contributed by atoms with Gasteiger partial charge in [0.1, 0.15) is 11.6 Å². The van der Waals surface area contributed by atoms with E-state index in [4.69, 9.17) is 10.00 Å². The summed E-state index contributed by atoms with van der Waals surface area (Å²) in [6.07, 6.45) is 0. The number of nitriles is 1. The maximum Gasteiger partial charge on any atom is 0.131 e. The topological polar surface area (TPSA) is 33.0 Å². The fourth-order valence-electron chi connectivity index (χ4n) is 2.56. The highest BCUT2D eigenvalue weighted by molar-refractivity contribution is 5.71. The smallest absolute Gasteiger partial charge is 0.131 e. The van der Waals surface area contributed by atoms with Crippen molar-refractivity contribution in [3.8, 4) is 34.1 Å². The zero-order valence-corrected chi connectivity index (χ0v) is 13.3. The lowest BCUT2D eigenvalue weighted by Crippen LogP contribution is -1.91. The first kappa shape index (κ1) is 15.8. The van der Waals surface area contributed by atoms with Gasteiger partial charge in [-0.05, 0) is 53.9 Å². The molecule has 0 aliphatic heterocycles. The second-order valence-electron chi connectivity index (χ2n) is 5.34. The molecule has 118 valence electrons. The zero-order valence-electron chi connectivity index (χ0n) is 13.3. The minimum Gasteiger partial charge on any atom is -0.494 e. The third-order valence-corrected chi connectivity index (χ3v) is 3.79. The lowest BCUT2D eigenvalue weighted by Gasteiger charge is -2.08. The standard InChI is InChI=1S/C21H16FNO/c1-2-24-19-10-7-16(8-11-19)18-9-12-20(21(22)13-18)17-5-3-15(14-23)4-6-17/h3-13H,2H2,1H3. The van der Waals surface area contributed by atoms with Gasteiger partial charge in [0.15, 0.2) is 0 Å². The molecular formula is C21H16FNO. The number of hydrogen-bond donors (Lipinski definition) is 0. The Labute approximate surface area is 140 Å². The van der Waals surface area contributed by atoms with Crippen molar-refractivity contribution in [2.24, 2.45) is 0 Å². The summed E-state index contributed by atoms with van der Waals surface area (Å²) in [6.45, 7) is 2.55. The molecule has 0 N–H and O–H groups in total. The molecule has 0 fully saturated rings. The van der Waals surface area contributed by atoms with Crippen molar-refractivity contribution in [2.45, 2.75) is 6.92 Å². The minimum absolute atomic E-state index is 0.286. The van der Waals surface area contributed by atoms with Crippen LogP contribution >= 0.6 is 0 Å². The Hall–Kier alpha value is -3.12. The highest BCUT2D eigenvalue weighted by Gasteiger charge is 2.08. The first-order valence-corrected chi connectivity index (χ1v) is 7.74. The fraction of sp³-hybridized carbons (Fsp3) is 0.0952. The van der Waals surface area contributed by atoms with Crippen LogP contribution in [-0.2, 0) is 0 Å². The molecule has 0 aliphatic carbocycles. The third kappa shape index (κ3) is 3.28. The van der Waals surface area contributed by atoms with Crippen molar-refractivity contribution in [1.29, 1.82) is 5.26 Å². The molecule has 0 spiro atoms. The van der Waals surface area contributed by atoms with Crippen LogP contribution in [0, 0.1) is 17.1 Å². The van der Waals surface area contributed by atoms with Crippen LogP contribution in [0.2, 0.25) is 0 Å². The van der Waals surface area contributed by atoms with E-state index >= 15 is 0 Å². The van der Waals surface area contributed by atoms with Gasteiger partial charge in [-0.25, -0.2) is 4.39 Å². The molecule has 3 aromatic carbocycles. The molecule has 0 bridgehead atoms. The highest BCUT2D eigenvalue weighted by atomic mass is 19.1. The summed E-state index contributed by atoms with van der Waals surface area (Å²) in [5.74, 6) is 0.516. The SMILES string of the molecule is CCOc1ccc(-c2ccc(-c3ccc(C#N)cc3)c(F)c2)cc1. The highest BCUT2D eigenvalue weighted by Crippen LogP contribution is 2.29. The lowest BCUT2D eigenvalue weighted by molar-refractivity contribution is 0.340. The average Bonchev–Trinajstić information content (AvgIpc) is 2.63. The van der Waals surface area contributed by atoms with Crippen LogP contribution in [0.3, 0.4) is 0 Å². The molecule has 2 nitrogen and oxygen atoms in total. The first-order valence-electron chi connectivity index (χ1n) is 7.74. The van der Waals surface area contributed by atoms with Crippen LogP contribution in [0.15, 0.2) is 66.7 Å². The van der Waals surface area contributed by atoms with E-state index in [9.17, 15) is 4.39 Å². The number of nitrogens with zero attached hydrogens (tertiary/aromatic N) is 1. The number of benzene rings is 3. The van der Waals surface area contributed by atoms with Crippen LogP contribution in [-0.4, -0.2) is 6.61 Å². The first-order chi connectivity index (χ1) is 11.7. The molecule has 0 atom stereocenters. The maximum absolute atomic E-state index is 14.5. The molecule has 0 heterocycles. The summed E-state index contributed by atoms with van der Waals surface area (Å²) in [5, 5.41) is 8.84. The van der Waals surface area contributed by atoms with E-state index in [1.165, 1.54) is 6.07 Å². The molecule has 0 unspecified atom stereocenters. The van der Waals surface area contributed by atoms with E-state index < -0.39 is 0 Å². The lowest BCUT2D eigenvalue weighted by atomic mass is 9.99. The quantitative estimate of drug-likeness (QED) is 0.643. The van der Waals surface area contributed by atoms with Crippen LogP contribution < -0.4 is 4.74 Å². The van der Waals surface area contributed by atoms with E-state index in [1.54, 1.807) is 30.3 Å². The van der Waals surface area contributed by atoms with E-state index in [-0.39, 0.29) is 5.82 Å². The summed E-state index contributed by atoms with van der Waals surface area (Å²) in [4.78, 5) is 0. The van der Waals surface area contributed by atoms with Crippen molar-refractivity contribution < 1.29 is 9.13 Å². The fourth-order valence-corrected chi connectivity index (χ4v) is 2.56. The molecule has 0 amide bonds. The summed E-state index contributed by atoms with van der Waals surface area (Å²) >= 11 is 0. The van der Waals surface area contributed by atoms with Gasteiger partial charge in [-0.15, -0.1) is 0 Å². The second-order valence-corrected chi connectivity index (χ2v) is 5.34. The normalized spacial score (nSPS) is 10.2. The van der Waals surface area contributed by atoms with Gasteiger partial charge in [0, 0.05) is 5.56 Å². The second kappa shape index (κ2) is 6.97. The van der Waals surface area contributed by atoms with Crippen molar-refractivity contribution >= 4 is 0 Å². The van der Waals surface area contributed by atoms with Crippen LogP contribution in [0.4, 0.5) is 4.39 Å². The van der Waals surface area contributed by atoms with E-state index in [0.717, 1.165) is 22.4 Å². The Kier molecular flexibility index (Phi) is 4.58. The summed E-state index contributed by atoms with van der Waals surface area (Å²) in [5.41, 5.74) is 3.58. The van der Waals surface area contributed by atoms with E-state index in [1.807, 2.05) is 37.3 Å². The molecule has 0 radical (unpaired) electrons. The largest absolute Gasteiger partial charge is 0.494 e. The monoisotopic (exact) mass is 317 g/mol. The summed E-state index contributed by atoms with van der Waals surface area (Å²) < 4.78 is 19.9. The molecule has 0 saturated carbocycles. The molecule has 3 aromatic rings. The van der Waals surface area contributed by atoms with Gasteiger partial charge < -0.3 is 4.74 Å². The van der Waals surface area contributed by atoms with Crippen molar-refractivity contribution in [3.63, 3.8) is 0 Å². The number of hydrogen-bond acceptors (Lipinski definition) is 2. The Balaban J connectivity index is 1.90. The average molecular weight is 317 g/mol. The van der Waals surface area contributed by atoms with Crippen molar-refractivity contribution in [1.82, 2.24) is 0 Å². The minimum atomic E-state index is -0.286. The summed E-state index contributed by atoms with van der Waals surface area (Å²) in [6, 6.07) is 21.7. The number of rotatable bonds is 4. The Morgan fingerprint density at radius 3 is 2.08 bits per heavy atom. The Morgan fingerprint density at radius 2 is 1.50 bits per heavy atom. The molecule has 3 rings (SSSR count). The summed E-state index contributed by atoms with van der Waals surface area (Å²) in [7, 11) is 0. The Bertz CT molecular complexity index is 877. The number of halogens is 1. The van der Waals surface area contributed by atoms with Crippen molar-refractivity contribution in [2.75, 3.05) is 6.61 Å². The Morgan fingerprint density at radius 1 is 0.875 bits per heavy atom. The van der Waals surface area contributed by atoms with Gasteiger partial charge in [0.25, 0.3) is 0 Å².